The van der Waals surface area contributed by atoms with E-state index in [0.717, 1.165) is 43.9 Å². The molecule has 2 aliphatic heterocycles. The Morgan fingerprint density at radius 2 is 2.08 bits per heavy atom. The lowest BCUT2D eigenvalue weighted by atomic mass is 10.0. The van der Waals surface area contributed by atoms with Crippen LogP contribution in [0, 0.1) is 0 Å². The molecule has 1 aromatic carbocycles. The molecule has 2 atom stereocenters. The Balaban J connectivity index is 1.53. The highest BCUT2D eigenvalue weighted by Gasteiger charge is 2.29. The Morgan fingerprint density at radius 1 is 1.24 bits per heavy atom. The Hall–Kier alpha value is -1.53. The van der Waals surface area contributed by atoms with Gasteiger partial charge < -0.3 is 15.5 Å². The fraction of sp³-hybridized carbons (Fsp3) is 0.579. The van der Waals surface area contributed by atoms with Crippen LogP contribution in [0.4, 0.5) is 0 Å². The van der Waals surface area contributed by atoms with Crippen molar-refractivity contribution in [2.75, 3.05) is 31.1 Å². The van der Waals surface area contributed by atoms with Gasteiger partial charge in [0.2, 0.25) is 5.91 Å². The normalized spacial score (nSPS) is 23.9. The number of nitrogens with one attached hydrogen (secondary N) is 2. The lowest BCUT2D eigenvalue weighted by Gasteiger charge is -2.37. The van der Waals surface area contributed by atoms with Gasteiger partial charge in [0.25, 0.3) is 5.91 Å². The van der Waals surface area contributed by atoms with E-state index in [1.54, 1.807) is 0 Å². The maximum absolute atomic E-state index is 12.8. The summed E-state index contributed by atoms with van der Waals surface area (Å²) >= 11 is 1.91. The summed E-state index contributed by atoms with van der Waals surface area (Å²) in [5.41, 5.74) is 0.666. The summed E-state index contributed by atoms with van der Waals surface area (Å²) in [4.78, 5) is 27.0. The van der Waals surface area contributed by atoms with Crippen molar-refractivity contribution < 1.29 is 9.59 Å². The summed E-state index contributed by atoms with van der Waals surface area (Å²) < 4.78 is 0. The molecule has 0 radical (unpaired) electrons. The van der Waals surface area contributed by atoms with E-state index in [9.17, 15) is 9.59 Å². The minimum Gasteiger partial charge on any atom is -0.350 e. The third kappa shape index (κ3) is 5.22. The highest BCUT2D eigenvalue weighted by Crippen LogP contribution is 2.19. The number of carbonyl (C=O) groups is 2. The molecule has 0 aliphatic carbocycles. The molecule has 5 nitrogen and oxygen atoms in total. The van der Waals surface area contributed by atoms with Crippen LogP contribution in [-0.2, 0) is 4.79 Å². The highest BCUT2D eigenvalue weighted by molar-refractivity contribution is 7.99. The van der Waals surface area contributed by atoms with E-state index in [-0.39, 0.29) is 23.9 Å². The first-order chi connectivity index (χ1) is 12.2. The molecule has 0 aromatic heterocycles. The minimum absolute atomic E-state index is 0.0658. The predicted octanol–water partition coefficient (Wildman–Crippen LogP) is 1.89. The molecular weight excluding hydrogens is 334 g/mol. The molecule has 2 heterocycles. The maximum atomic E-state index is 12.8. The molecule has 0 saturated carbocycles. The predicted molar refractivity (Wildman–Crippen MR) is 102 cm³/mol. The quantitative estimate of drug-likeness (QED) is 0.841. The molecule has 6 heteroatoms. The van der Waals surface area contributed by atoms with Crippen LogP contribution in [0.2, 0.25) is 0 Å². The second-order valence-electron chi connectivity index (χ2n) is 6.74. The molecule has 0 spiro atoms. The number of nitrogens with zero attached hydrogens (tertiary/aromatic N) is 1. The molecule has 136 valence electrons. The third-order valence-electron chi connectivity index (χ3n) is 4.90. The molecule has 2 saturated heterocycles. The fourth-order valence-electron chi connectivity index (χ4n) is 3.52. The number of carbonyl (C=O) groups excluding carboxylic acids is 2. The van der Waals surface area contributed by atoms with Crippen LogP contribution in [0.15, 0.2) is 30.3 Å². The zero-order chi connectivity index (χ0) is 17.5. The molecular formula is C19H27N3O2S. The highest BCUT2D eigenvalue weighted by atomic mass is 32.2. The van der Waals surface area contributed by atoms with Crippen LogP contribution in [0.3, 0.4) is 0 Å². The standard InChI is InChI=1S/C19H27N3O2S/c23-18(12-16-14-25-11-9-20-16)22-10-5-4-8-17(22)13-21-19(24)15-6-2-1-3-7-15/h1-3,6-7,16-17,20H,4-5,8-14H2,(H,21,24). The number of thioether (sulfide) groups is 1. The van der Waals surface area contributed by atoms with Gasteiger partial charge in [-0.1, -0.05) is 18.2 Å². The van der Waals surface area contributed by atoms with E-state index in [2.05, 4.69) is 10.6 Å². The van der Waals surface area contributed by atoms with Crippen molar-refractivity contribution in [1.82, 2.24) is 15.5 Å². The number of rotatable bonds is 5. The molecule has 2 amide bonds. The SMILES string of the molecule is O=C(NCC1CCCCN1C(=O)CC1CSCCN1)c1ccccc1. The zero-order valence-corrected chi connectivity index (χ0v) is 15.4. The van der Waals surface area contributed by atoms with Crippen LogP contribution in [0.1, 0.15) is 36.0 Å². The van der Waals surface area contributed by atoms with E-state index in [1.165, 1.54) is 0 Å². The van der Waals surface area contributed by atoms with Crippen LogP contribution < -0.4 is 10.6 Å². The van der Waals surface area contributed by atoms with E-state index in [4.69, 9.17) is 0 Å². The van der Waals surface area contributed by atoms with Crippen LogP contribution in [-0.4, -0.2) is 59.9 Å². The minimum atomic E-state index is -0.0658. The summed E-state index contributed by atoms with van der Waals surface area (Å²) in [6, 6.07) is 9.64. The second kappa shape index (κ2) is 9.25. The fourth-order valence-corrected chi connectivity index (χ4v) is 4.47. The Kier molecular flexibility index (Phi) is 6.76. The van der Waals surface area contributed by atoms with Gasteiger partial charge in [0.05, 0.1) is 0 Å². The Morgan fingerprint density at radius 3 is 2.84 bits per heavy atom. The van der Waals surface area contributed by atoms with Gasteiger partial charge in [-0.3, -0.25) is 9.59 Å². The van der Waals surface area contributed by atoms with Gasteiger partial charge in [0.1, 0.15) is 0 Å². The van der Waals surface area contributed by atoms with Crippen molar-refractivity contribution in [2.45, 2.75) is 37.8 Å². The van der Waals surface area contributed by atoms with Crippen LogP contribution >= 0.6 is 11.8 Å². The van der Waals surface area contributed by atoms with Gasteiger partial charge in [-0.15, -0.1) is 0 Å². The molecule has 0 bridgehead atoms. The first kappa shape index (κ1) is 18.3. The van der Waals surface area contributed by atoms with Gasteiger partial charge in [0.15, 0.2) is 0 Å². The van der Waals surface area contributed by atoms with Gasteiger partial charge >= 0.3 is 0 Å². The molecule has 2 N–H and O–H groups in total. The average Bonchev–Trinajstić information content (AvgIpc) is 2.68. The van der Waals surface area contributed by atoms with Crippen molar-refractivity contribution in [2.24, 2.45) is 0 Å². The van der Waals surface area contributed by atoms with Gasteiger partial charge in [-0.2, -0.15) is 11.8 Å². The molecule has 25 heavy (non-hydrogen) atoms. The van der Waals surface area contributed by atoms with E-state index < -0.39 is 0 Å². The first-order valence-electron chi connectivity index (χ1n) is 9.18. The molecule has 1 aromatic rings. The number of amides is 2. The molecule has 3 rings (SSSR count). The van der Waals surface area contributed by atoms with E-state index >= 15 is 0 Å². The lowest BCUT2D eigenvalue weighted by molar-refractivity contribution is -0.135. The summed E-state index contributed by atoms with van der Waals surface area (Å²) in [7, 11) is 0. The first-order valence-corrected chi connectivity index (χ1v) is 10.3. The Labute approximate surface area is 153 Å². The van der Waals surface area contributed by atoms with Crippen molar-refractivity contribution in [3.05, 3.63) is 35.9 Å². The van der Waals surface area contributed by atoms with Crippen molar-refractivity contribution in [3.8, 4) is 0 Å². The third-order valence-corrected chi connectivity index (χ3v) is 6.03. The monoisotopic (exact) mass is 361 g/mol. The second-order valence-corrected chi connectivity index (χ2v) is 7.89. The summed E-state index contributed by atoms with van der Waals surface area (Å²) in [5.74, 6) is 2.29. The van der Waals surface area contributed by atoms with Crippen LogP contribution in [0.5, 0.6) is 0 Å². The number of benzene rings is 1. The average molecular weight is 362 g/mol. The van der Waals surface area contributed by atoms with Gasteiger partial charge in [0, 0.05) is 55.2 Å². The lowest BCUT2D eigenvalue weighted by Crippen LogP contribution is -2.51. The number of likely N-dealkylation sites (tertiary alicyclic amines) is 1. The van der Waals surface area contributed by atoms with E-state index in [0.29, 0.717) is 18.5 Å². The summed E-state index contributed by atoms with van der Waals surface area (Å²) in [6.07, 6.45) is 3.71. The Bertz CT molecular complexity index is 575. The molecule has 2 fully saturated rings. The van der Waals surface area contributed by atoms with Gasteiger partial charge in [-0.25, -0.2) is 0 Å². The summed E-state index contributed by atoms with van der Waals surface area (Å²) in [5, 5.41) is 6.44. The molecule has 2 aliphatic rings. The van der Waals surface area contributed by atoms with E-state index in [1.807, 2.05) is 47.0 Å². The van der Waals surface area contributed by atoms with Crippen LogP contribution in [0.25, 0.3) is 0 Å². The number of piperidine rings is 1. The van der Waals surface area contributed by atoms with Crippen molar-refractivity contribution in [1.29, 1.82) is 0 Å². The largest absolute Gasteiger partial charge is 0.350 e. The smallest absolute Gasteiger partial charge is 0.251 e. The van der Waals surface area contributed by atoms with Gasteiger partial charge in [-0.05, 0) is 31.4 Å². The summed E-state index contributed by atoms with van der Waals surface area (Å²) in [6.45, 7) is 2.33. The number of hydrogen-bond donors (Lipinski definition) is 2. The van der Waals surface area contributed by atoms with Crippen molar-refractivity contribution in [3.63, 3.8) is 0 Å². The zero-order valence-electron chi connectivity index (χ0n) is 14.6. The van der Waals surface area contributed by atoms with Crippen molar-refractivity contribution >= 4 is 23.6 Å². The molecule has 2 unspecified atom stereocenters. The number of hydrogen-bond acceptors (Lipinski definition) is 4. The topological polar surface area (TPSA) is 61.4 Å². The maximum Gasteiger partial charge on any atom is 0.251 e.